The SMILES string of the molecule is CCCCCOc1ccc(NC(=O)c2ccc(OC)c(OC)c2)cc1. The van der Waals surface area contributed by atoms with Crippen molar-refractivity contribution in [2.24, 2.45) is 0 Å². The monoisotopic (exact) mass is 343 g/mol. The summed E-state index contributed by atoms with van der Waals surface area (Å²) in [6.07, 6.45) is 3.39. The van der Waals surface area contributed by atoms with Crippen LogP contribution in [0.3, 0.4) is 0 Å². The second-order valence-corrected chi connectivity index (χ2v) is 5.60. The molecule has 0 saturated heterocycles. The van der Waals surface area contributed by atoms with Crippen LogP contribution in [0.2, 0.25) is 0 Å². The van der Waals surface area contributed by atoms with Gasteiger partial charge in [0.1, 0.15) is 5.75 Å². The van der Waals surface area contributed by atoms with Crippen LogP contribution < -0.4 is 19.5 Å². The predicted molar refractivity (Wildman–Crippen MR) is 99.0 cm³/mol. The molecule has 0 spiro atoms. The number of carbonyl (C=O) groups is 1. The van der Waals surface area contributed by atoms with E-state index in [0.29, 0.717) is 29.4 Å². The van der Waals surface area contributed by atoms with E-state index >= 15 is 0 Å². The van der Waals surface area contributed by atoms with Crippen LogP contribution in [0, 0.1) is 0 Å². The van der Waals surface area contributed by atoms with Gasteiger partial charge in [0.05, 0.1) is 20.8 Å². The smallest absolute Gasteiger partial charge is 0.255 e. The molecule has 1 N–H and O–H groups in total. The first-order chi connectivity index (χ1) is 12.2. The molecule has 1 amide bonds. The van der Waals surface area contributed by atoms with E-state index in [0.717, 1.165) is 12.2 Å². The summed E-state index contributed by atoms with van der Waals surface area (Å²) in [4.78, 5) is 12.4. The fourth-order valence-electron chi connectivity index (χ4n) is 2.36. The second-order valence-electron chi connectivity index (χ2n) is 5.60. The van der Waals surface area contributed by atoms with E-state index in [2.05, 4.69) is 12.2 Å². The molecule has 0 bridgehead atoms. The molecule has 2 rings (SSSR count). The number of rotatable bonds is 9. The Morgan fingerprint density at radius 2 is 1.68 bits per heavy atom. The van der Waals surface area contributed by atoms with Crippen LogP contribution in [-0.4, -0.2) is 26.7 Å². The Hall–Kier alpha value is -2.69. The van der Waals surface area contributed by atoms with Crippen LogP contribution in [0.5, 0.6) is 17.2 Å². The number of benzene rings is 2. The molecule has 0 fully saturated rings. The number of hydrogen-bond acceptors (Lipinski definition) is 4. The van der Waals surface area contributed by atoms with Gasteiger partial charge in [-0.25, -0.2) is 0 Å². The molecular weight excluding hydrogens is 318 g/mol. The van der Waals surface area contributed by atoms with E-state index in [1.165, 1.54) is 12.8 Å². The van der Waals surface area contributed by atoms with Crippen molar-refractivity contribution in [3.05, 3.63) is 48.0 Å². The van der Waals surface area contributed by atoms with Gasteiger partial charge < -0.3 is 19.5 Å². The summed E-state index contributed by atoms with van der Waals surface area (Å²) in [5, 5.41) is 2.86. The average molecular weight is 343 g/mol. The highest BCUT2D eigenvalue weighted by Crippen LogP contribution is 2.28. The highest BCUT2D eigenvalue weighted by molar-refractivity contribution is 6.04. The Bertz CT molecular complexity index is 683. The number of carbonyl (C=O) groups excluding carboxylic acids is 1. The first-order valence-electron chi connectivity index (χ1n) is 8.44. The Labute approximate surface area is 148 Å². The van der Waals surface area contributed by atoms with Crippen molar-refractivity contribution >= 4 is 11.6 Å². The minimum Gasteiger partial charge on any atom is -0.494 e. The third-order valence-electron chi connectivity index (χ3n) is 3.77. The maximum atomic E-state index is 12.4. The fourth-order valence-corrected chi connectivity index (χ4v) is 2.36. The summed E-state index contributed by atoms with van der Waals surface area (Å²) >= 11 is 0. The molecule has 25 heavy (non-hydrogen) atoms. The van der Waals surface area contributed by atoms with E-state index in [1.54, 1.807) is 32.4 Å². The van der Waals surface area contributed by atoms with Gasteiger partial charge in [0, 0.05) is 11.3 Å². The van der Waals surface area contributed by atoms with Crippen molar-refractivity contribution in [2.75, 3.05) is 26.1 Å². The lowest BCUT2D eigenvalue weighted by Crippen LogP contribution is -2.12. The summed E-state index contributed by atoms with van der Waals surface area (Å²) in [5.74, 6) is 1.70. The highest BCUT2D eigenvalue weighted by Gasteiger charge is 2.11. The van der Waals surface area contributed by atoms with Crippen molar-refractivity contribution in [1.29, 1.82) is 0 Å². The molecule has 0 saturated carbocycles. The van der Waals surface area contributed by atoms with E-state index in [9.17, 15) is 4.79 Å². The van der Waals surface area contributed by atoms with Crippen molar-refractivity contribution in [3.63, 3.8) is 0 Å². The van der Waals surface area contributed by atoms with Gasteiger partial charge in [-0.1, -0.05) is 19.8 Å². The van der Waals surface area contributed by atoms with E-state index in [4.69, 9.17) is 14.2 Å². The largest absolute Gasteiger partial charge is 0.494 e. The van der Waals surface area contributed by atoms with Gasteiger partial charge in [-0.2, -0.15) is 0 Å². The van der Waals surface area contributed by atoms with E-state index < -0.39 is 0 Å². The van der Waals surface area contributed by atoms with Crippen molar-refractivity contribution in [3.8, 4) is 17.2 Å². The summed E-state index contributed by atoms with van der Waals surface area (Å²) in [6.45, 7) is 2.88. The molecule has 2 aromatic carbocycles. The van der Waals surface area contributed by atoms with Gasteiger partial charge in [0.25, 0.3) is 5.91 Å². The van der Waals surface area contributed by atoms with Gasteiger partial charge >= 0.3 is 0 Å². The molecule has 134 valence electrons. The lowest BCUT2D eigenvalue weighted by atomic mass is 10.2. The standard InChI is InChI=1S/C20H25NO4/c1-4-5-6-13-25-17-10-8-16(9-11-17)21-20(22)15-7-12-18(23-2)19(14-15)24-3/h7-12,14H,4-6,13H2,1-3H3,(H,21,22). The summed E-state index contributed by atoms with van der Waals surface area (Å²) in [6, 6.07) is 12.4. The summed E-state index contributed by atoms with van der Waals surface area (Å²) in [5.41, 5.74) is 1.21. The van der Waals surface area contributed by atoms with Gasteiger partial charge in [-0.05, 0) is 48.9 Å². The molecule has 0 atom stereocenters. The molecule has 0 aliphatic heterocycles. The lowest BCUT2D eigenvalue weighted by molar-refractivity contribution is 0.102. The minimum atomic E-state index is -0.211. The first kappa shape index (κ1) is 18.6. The molecule has 0 heterocycles. The van der Waals surface area contributed by atoms with Crippen molar-refractivity contribution < 1.29 is 19.0 Å². The van der Waals surface area contributed by atoms with Crippen LogP contribution in [0.15, 0.2) is 42.5 Å². The molecular formula is C20H25NO4. The molecule has 0 aromatic heterocycles. The topological polar surface area (TPSA) is 56.8 Å². The van der Waals surface area contributed by atoms with Crippen molar-refractivity contribution in [1.82, 2.24) is 0 Å². The number of unbranched alkanes of at least 4 members (excludes halogenated alkanes) is 2. The van der Waals surface area contributed by atoms with E-state index in [-0.39, 0.29) is 5.91 Å². The minimum absolute atomic E-state index is 0.211. The summed E-state index contributed by atoms with van der Waals surface area (Å²) < 4.78 is 16.1. The zero-order valence-electron chi connectivity index (χ0n) is 15.0. The molecule has 0 aliphatic rings. The Balaban J connectivity index is 1.96. The zero-order chi connectivity index (χ0) is 18.1. The Kier molecular flexibility index (Phi) is 7.14. The number of amides is 1. The molecule has 0 unspecified atom stereocenters. The lowest BCUT2D eigenvalue weighted by Gasteiger charge is -2.11. The molecule has 5 heteroatoms. The molecule has 5 nitrogen and oxygen atoms in total. The number of methoxy groups -OCH3 is 2. The number of hydrogen-bond donors (Lipinski definition) is 1. The Morgan fingerprint density at radius 1 is 0.960 bits per heavy atom. The number of ether oxygens (including phenoxy) is 3. The maximum absolute atomic E-state index is 12.4. The van der Waals surface area contributed by atoms with Crippen LogP contribution in [0.1, 0.15) is 36.5 Å². The quantitative estimate of drug-likeness (QED) is 0.680. The van der Waals surface area contributed by atoms with Crippen LogP contribution >= 0.6 is 0 Å². The maximum Gasteiger partial charge on any atom is 0.255 e. The fraction of sp³-hybridized carbons (Fsp3) is 0.350. The van der Waals surface area contributed by atoms with Gasteiger partial charge in [-0.3, -0.25) is 4.79 Å². The molecule has 0 aliphatic carbocycles. The highest BCUT2D eigenvalue weighted by atomic mass is 16.5. The van der Waals surface area contributed by atoms with E-state index in [1.807, 2.05) is 24.3 Å². The average Bonchev–Trinajstić information content (AvgIpc) is 2.65. The van der Waals surface area contributed by atoms with Crippen molar-refractivity contribution in [2.45, 2.75) is 26.2 Å². The third kappa shape index (κ3) is 5.41. The van der Waals surface area contributed by atoms with Gasteiger partial charge in [0.15, 0.2) is 11.5 Å². The normalized spacial score (nSPS) is 10.2. The number of nitrogens with one attached hydrogen (secondary N) is 1. The third-order valence-corrected chi connectivity index (χ3v) is 3.77. The summed E-state index contributed by atoms with van der Waals surface area (Å²) in [7, 11) is 3.10. The van der Waals surface area contributed by atoms with Gasteiger partial charge in [-0.15, -0.1) is 0 Å². The Morgan fingerprint density at radius 3 is 2.32 bits per heavy atom. The number of anilines is 1. The van der Waals surface area contributed by atoms with Crippen LogP contribution in [-0.2, 0) is 0 Å². The van der Waals surface area contributed by atoms with Gasteiger partial charge in [0.2, 0.25) is 0 Å². The second kappa shape index (κ2) is 9.57. The first-order valence-corrected chi connectivity index (χ1v) is 8.44. The molecule has 0 radical (unpaired) electrons. The zero-order valence-corrected chi connectivity index (χ0v) is 15.0. The van der Waals surface area contributed by atoms with Crippen LogP contribution in [0.4, 0.5) is 5.69 Å². The molecule has 2 aromatic rings. The van der Waals surface area contributed by atoms with Crippen LogP contribution in [0.25, 0.3) is 0 Å². The predicted octanol–water partition coefficient (Wildman–Crippen LogP) is 4.53.